The standard InChI is InChI=1S/C71H126O14/c1-3-5-7-9-11-13-15-17-19-21-23-25-27-29-31-33-35-37-39-41-43-45-47-49-51-53-55-80-57-60(58-81-70-69(79)67(77)65(75)62(85-70)59-82-71-68(78)66(76)64(74)61(56-72)84-71)83-63(73)54-52-50-48-46-44-42-40-38-36-34-32-30-28-26-24-22-20-18-16-14-12-10-8-6-4-2/h6,8,12,14-15,17-18,20-21,23-24,26,60-62,64-72,74-79H,3-5,7,9-11,13,16,19,22,25,27-59H2,1-2H3/b8-6-,14-12-,17-15-,20-18-,23-21-,26-24-. The van der Waals surface area contributed by atoms with E-state index >= 15 is 0 Å². The van der Waals surface area contributed by atoms with Crippen LogP contribution in [-0.4, -0.2) is 142 Å². The smallest absolute Gasteiger partial charge is 0.306 e. The highest BCUT2D eigenvalue weighted by Crippen LogP contribution is 2.27. The first-order valence-electron chi connectivity index (χ1n) is 34.5. The molecule has 0 aliphatic carbocycles. The van der Waals surface area contributed by atoms with Gasteiger partial charge in [-0.15, -0.1) is 0 Å². The summed E-state index contributed by atoms with van der Waals surface area (Å²) in [5, 5.41) is 72.6. The third-order valence-electron chi connectivity index (χ3n) is 16.2. The Kier molecular flexibility index (Phi) is 52.3. The zero-order chi connectivity index (χ0) is 61.5. The van der Waals surface area contributed by atoms with Gasteiger partial charge in [-0.25, -0.2) is 0 Å². The molecule has 2 aliphatic rings. The number of ether oxygens (including phenoxy) is 6. The van der Waals surface area contributed by atoms with Crippen molar-refractivity contribution in [3.8, 4) is 0 Å². The van der Waals surface area contributed by atoms with E-state index in [1.54, 1.807) is 0 Å². The number of carbonyl (C=O) groups excluding carboxylic acids is 1. The van der Waals surface area contributed by atoms with Crippen LogP contribution in [0.5, 0.6) is 0 Å². The largest absolute Gasteiger partial charge is 0.457 e. The molecule has 11 atom stereocenters. The minimum Gasteiger partial charge on any atom is -0.457 e. The van der Waals surface area contributed by atoms with Gasteiger partial charge in [0.05, 0.1) is 26.4 Å². The first kappa shape index (κ1) is 78.5. The summed E-state index contributed by atoms with van der Waals surface area (Å²) in [6.45, 7) is 3.60. The highest BCUT2D eigenvalue weighted by Gasteiger charge is 2.47. The molecule has 11 unspecified atom stereocenters. The molecule has 14 nitrogen and oxygen atoms in total. The van der Waals surface area contributed by atoms with Crippen LogP contribution >= 0.6 is 0 Å². The van der Waals surface area contributed by atoms with Gasteiger partial charge in [0, 0.05) is 13.0 Å². The lowest BCUT2D eigenvalue weighted by Crippen LogP contribution is -2.61. The van der Waals surface area contributed by atoms with Gasteiger partial charge in [0.1, 0.15) is 54.9 Å². The van der Waals surface area contributed by atoms with Gasteiger partial charge in [-0.3, -0.25) is 4.79 Å². The second-order valence-corrected chi connectivity index (χ2v) is 24.0. The second kappa shape index (κ2) is 56.6. The van der Waals surface area contributed by atoms with E-state index in [2.05, 4.69) is 86.8 Å². The summed E-state index contributed by atoms with van der Waals surface area (Å²) in [4.78, 5) is 13.2. The first-order chi connectivity index (χ1) is 41.6. The number of carbonyl (C=O) groups is 1. The predicted molar refractivity (Wildman–Crippen MR) is 344 cm³/mol. The number of esters is 1. The van der Waals surface area contributed by atoms with E-state index in [4.69, 9.17) is 28.4 Å². The van der Waals surface area contributed by atoms with E-state index in [0.717, 1.165) is 77.0 Å². The number of allylic oxidation sites excluding steroid dienone is 12. The summed E-state index contributed by atoms with van der Waals surface area (Å²) in [5.41, 5.74) is 0. The topological polar surface area (TPSA) is 214 Å². The van der Waals surface area contributed by atoms with E-state index in [1.807, 2.05) is 0 Å². The van der Waals surface area contributed by atoms with Crippen molar-refractivity contribution in [3.05, 3.63) is 72.9 Å². The van der Waals surface area contributed by atoms with E-state index in [0.29, 0.717) is 13.0 Å². The number of unbranched alkanes of at least 4 members (excludes halogenated alkanes) is 31. The molecule has 0 saturated carbocycles. The molecule has 7 N–H and O–H groups in total. The normalized spacial score (nSPS) is 23.6. The highest BCUT2D eigenvalue weighted by atomic mass is 16.7. The van der Waals surface area contributed by atoms with Crippen molar-refractivity contribution in [3.63, 3.8) is 0 Å². The summed E-state index contributed by atoms with van der Waals surface area (Å²) in [5.74, 6) is -0.376. The van der Waals surface area contributed by atoms with E-state index in [9.17, 15) is 40.5 Å². The van der Waals surface area contributed by atoms with Crippen LogP contribution in [0.3, 0.4) is 0 Å². The van der Waals surface area contributed by atoms with Gasteiger partial charge in [0.2, 0.25) is 0 Å². The van der Waals surface area contributed by atoms with Crippen LogP contribution < -0.4 is 0 Å². The van der Waals surface area contributed by atoms with Crippen LogP contribution in [0.25, 0.3) is 0 Å². The molecule has 0 spiro atoms. The molecule has 0 amide bonds. The van der Waals surface area contributed by atoms with Crippen molar-refractivity contribution < 1.29 is 69.0 Å². The number of aliphatic hydroxyl groups is 7. The summed E-state index contributed by atoms with van der Waals surface area (Å²) in [7, 11) is 0. The predicted octanol–water partition coefficient (Wildman–Crippen LogP) is 14.5. The molecule has 2 heterocycles. The monoisotopic (exact) mass is 1200 g/mol. The van der Waals surface area contributed by atoms with Crippen LogP contribution in [0.2, 0.25) is 0 Å². The summed E-state index contributed by atoms with van der Waals surface area (Å²) >= 11 is 0. The zero-order valence-electron chi connectivity index (χ0n) is 53.6. The van der Waals surface area contributed by atoms with Crippen molar-refractivity contribution in [2.45, 2.75) is 338 Å². The SMILES string of the molecule is CC/C=C\C/C=C\C/C=C\C/C=C\CCCCCCCCCCCCCCC(=O)OC(COCCCCCCCCCCCCCCCC/C=C\C/C=C\CCCCCCC)COC1OC(COC2OC(CO)C(O)C(O)C2O)C(O)C(O)C1O. The van der Waals surface area contributed by atoms with E-state index in [-0.39, 0.29) is 25.6 Å². The van der Waals surface area contributed by atoms with E-state index in [1.165, 1.54) is 167 Å². The fourth-order valence-electron chi connectivity index (χ4n) is 10.7. The van der Waals surface area contributed by atoms with Gasteiger partial charge >= 0.3 is 5.97 Å². The van der Waals surface area contributed by atoms with Crippen molar-refractivity contribution in [1.29, 1.82) is 0 Å². The Morgan fingerprint density at radius 3 is 1.20 bits per heavy atom. The summed E-state index contributed by atoms with van der Waals surface area (Å²) in [6.07, 6.45) is 58.3. The molecule has 0 aromatic rings. The minimum atomic E-state index is -1.71. The van der Waals surface area contributed by atoms with Gasteiger partial charge in [-0.1, -0.05) is 254 Å². The van der Waals surface area contributed by atoms with Gasteiger partial charge in [-0.05, 0) is 83.5 Å². The van der Waals surface area contributed by atoms with Gasteiger partial charge < -0.3 is 64.2 Å². The lowest BCUT2D eigenvalue weighted by Gasteiger charge is -2.42. The van der Waals surface area contributed by atoms with Gasteiger partial charge in [0.25, 0.3) is 0 Å². The van der Waals surface area contributed by atoms with E-state index < -0.39 is 80.7 Å². The van der Waals surface area contributed by atoms with Crippen molar-refractivity contribution in [1.82, 2.24) is 0 Å². The number of hydrogen-bond donors (Lipinski definition) is 7. The maximum Gasteiger partial charge on any atom is 0.306 e. The Labute approximate surface area is 517 Å². The molecule has 85 heavy (non-hydrogen) atoms. The van der Waals surface area contributed by atoms with Crippen LogP contribution in [0, 0.1) is 0 Å². The Balaban J connectivity index is 1.64. The maximum absolute atomic E-state index is 13.2. The molecule has 2 saturated heterocycles. The maximum atomic E-state index is 13.2. The van der Waals surface area contributed by atoms with Crippen LogP contribution in [0.4, 0.5) is 0 Å². The molecule has 2 aliphatic heterocycles. The summed E-state index contributed by atoms with van der Waals surface area (Å²) in [6, 6.07) is 0. The third kappa shape index (κ3) is 42.1. The van der Waals surface area contributed by atoms with Gasteiger partial charge in [0.15, 0.2) is 12.6 Å². The van der Waals surface area contributed by atoms with Crippen molar-refractivity contribution in [2.75, 3.05) is 33.0 Å². The molecule has 2 fully saturated rings. The Morgan fingerprint density at radius 1 is 0.400 bits per heavy atom. The molecule has 494 valence electrons. The number of rotatable bonds is 57. The van der Waals surface area contributed by atoms with Gasteiger partial charge in [-0.2, -0.15) is 0 Å². The quantitative estimate of drug-likeness (QED) is 0.0171. The average Bonchev–Trinajstić information content (AvgIpc) is 3.68. The van der Waals surface area contributed by atoms with Crippen LogP contribution in [-0.2, 0) is 33.2 Å². The van der Waals surface area contributed by atoms with Crippen LogP contribution in [0.1, 0.15) is 271 Å². The third-order valence-corrected chi connectivity index (χ3v) is 16.2. The van der Waals surface area contributed by atoms with Crippen molar-refractivity contribution >= 4 is 5.97 Å². The van der Waals surface area contributed by atoms with Crippen molar-refractivity contribution in [2.24, 2.45) is 0 Å². The number of aliphatic hydroxyl groups excluding tert-OH is 7. The molecule has 0 bridgehead atoms. The van der Waals surface area contributed by atoms with Crippen LogP contribution in [0.15, 0.2) is 72.9 Å². The molecule has 2 rings (SSSR count). The Bertz CT molecular complexity index is 1680. The molecule has 0 aromatic heterocycles. The first-order valence-corrected chi connectivity index (χ1v) is 34.5. The fraction of sp³-hybridized carbons (Fsp3) is 0.817. The highest BCUT2D eigenvalue weighted by molar-refractivity contribution is 5.69. The Morgan fingerprint density at radius 2 is 0.765 bits per heavy atom. The molecule has 0 aromatic carbocycles. The lowest BCUT2D eigenvalue weighted by atomic mass is 9.98. The zero-order valence-corrected chi connectivity index (χ0v) is 53.6. The number of hydrogen-bond acceptors (Lipinski definition) is 14. The minimum absolute atomic E-state index is 0.0597. The lowest BCUT2D eigenvalue weighted by molar-refractivity contribution is -0.332. The molecule has 14 heteroatoms. The molecular weight excluding hydrogens is 1080 g/mol. The second-order valence-electron chi connectivity index (χ2n) is 24.0. The fourth-order valence-corrected chi connectivity index (χ4v) is 10.7. The molecule has 0 radical (unpaired) electrons. The Hall–Kier alpha value is -2.57. The molecular formula is C71H126O14. The average molecular weight is 1200 g/mol. The summed E-state index contributed by atoms with van der Waals surface area (Å²) < 4.78 is 34.6.